The van der Waals surface area contributed by atoms with Crippen molar-refractivity contribution in [1.82, 2.24) is 20.2 Å². The number of rotatable bonds is 3. The molecule has 0 saturated carbocycles. The number of para-hydroxylation sites is 1. The molecule has 24 heavy (non-hydrogen) atoms. The minimum absolute atomic E-state index is 0. The Bertz CT molecular complexity index is 948. The molecule has 3 N–H and O–H groups in total. The van der Waals surface area contributed by atoms with Gasteiger partial charge in [0.2, 0.25) is 0 Å². The van der Waals surface area contributed by atoms with Crippen molar-refractivity contribution in [3.8, 4) is 22.8 Å². The quantitative estimate of drug-likeness (QED) is 0.595. The molecule has 6 heteroatoms. The molecule has 4 rings (SSSR count). The van der Waals surface area contributed by atoms with E-state index >= 15 is 0 Å². The van der Waals surface area contributed by atoms with Crippen molar-refractivity contribution in [3.05, 3.63) is 60.9 Å². The van der Waals surface area contributed by atoms with Crippen molar-refractivity contribution in [1.29, 1.82) is 0 Å². The number of H-pyrrole nitrogens is 1. The summed E-state index contributed by atoms with van der Waals surface area (Å²) >= 11 is 0. The van der Waals surface area contributed by atoms with Crippen LogP contribution < -0.4 is 10.5 Å². The lowest BCUT2D eigenvalue weighted by Crippen LogP contribution is -1.92. The van der Waals surface area contributed by atoms with Crippen molar-refractivity contribution in [2.75, 3.05) is 5.73 Å². The Morgan fingerprint density at radius 2 is 1.58 bits per heavy atom. The van der Waals surface area contributed by atoms with Crippen molar-refractivity contribution >= 4 is 16.9 Å². The number of benzene rings is 2. The fraction of sp³-hybridized carbons (Fsp3) is 0.0556. The normalized spacial score (nSPS) is 10.3. The highest BCUT2D eigenvalue weighted by atomic mass is 16.5. The largest absolute Gasteiger partial charge is 0.457 e. The van der Waals surface area contributed by atoms with E-state index in [9.17, 15) is 0 Å². The molecule has 4 aromatic rings. The number of aromatic nitrogens is 4. The van der Waals surface area contributed by atoms with Crippen molar-refractivity contribution in [3.63, 3.8) is 0 Å². The molecule has 2 aromatic heterocycles. The summed E-state index contributed by atoms with van der Waals surface area (Å²) in [5.41, 5.74) is 8.22. The first-order valence-corrected chi connectivity index (χ1v) is 7.09. The van der Waals surface area contributed by atoms with E-state index in [1.807, 2.05) is 54.6 Å². The molecule has 120 valence electrons. The van der Waals surface area contributed by atoms with E-state index in [1.54, 1.807) is 0 Å². The predicted molar refractivity (Wildman–Crippen MR) is 94.8 cm³/mol. The number of aromatic amines is 1. The number of nitrogen functional groups attached to an aromatic ring is 1. The SMILES string of the molecule is C.Nc1ncnc2n[nH]c(-c3ccc(Oc4ccccc4)cc3)c12. The summed E-state index contributed by atoms with van der Waals surface area (Å²) in [7, 11) is 0. The summed E-state index contributed by atoms with van der Waals surface area (Å²) in [6.07, 6.45) is 1.40. The zero-order chi connectivity index (χ0) is 15.6. The number of fused-ring (bicyclic) bond motifs is 1. The maximum absolute atomic E-state index is 5.94. The summed E-state index contributed by atoms with van der Waals surface area (Å²) in [6.45, 7) is 0. The first-order valence-electron chi connectivity index (χ1n) is 7.09. The molecule has 6 nitrogen and oxygen atoms in total. The van der Waals surface area contributed by atoms with Crippen LogP contribution in [0.1, 0.15) is 7.43 Å². The van der Waals surface area contributed by atoms with Crippen LogP contribution >= 0.6 is 0 Å². The van der Waals surface area contributed by atoms with Crippen molar-refractivity contribution in [2.24, 2.45) is 0 Å². The number of nitrogens with zero attached hydrogens (tertiary/aromatic N) is 3. The van der Waals surface area contributed by atoms with Gasteiger partial charge in [0.05, 0.1) is 11.1 Å². The predicted octanol–water partition coefficient (Wildman–Crippen LogP) is 4.03. The van der Waals surface area contributed by atoms with Crippen LogP contribution in [0.25, 0.3) is 22.3 Å². The Kier molecular flexibility index (Phi) is 4.11. The molecule has 0 aliphatic carbocycles. The van der Waals surface area contributed by atoms with Gasteiger partial charge in [-0.05, 0) is 36.4 Å². The van der Waals surface area contributed by atoms with Gasteiger partial charge in [0.15, 0.2) is 5.65 Å². The fourth-order valence-electron chi connectivity index (χ4n) is 2.40. The highest BCUT2D eigenvalue weighted by molar-refractivity contribution is 5.97. The van der Waals surface area contributed by atoms with E-state index in [1.165, 1.54) is 6.33 Å². The van der Waals surface area contributed by atoms with Crippen LogP contribution in [0.15, 0.2) is 60.9 Å². The Morgan fingerprint density at radius 3 is 2.33 bits per heavy atom. The van der Waals surface area contributed by atoms with E-state index in [0.29, 0.717) is 11.5 Å². The topological polar surface area (TPSA) is 89.7 Å². The van der Waals surface area contributed by atoms with Gasteiger partial charge in [0.1, 0.15) is 23.6 Å². The van der Waals surface area contributed by atoms with E-state index in [4.69, 9.17) is 10.5 Å². The number of nitrogens with two attached hydrogens (primary N) is 1. The van der Waals surface area contributed by atoms with E-state index in [-0.39, 0.29) is 7.43 Å². The van der Waals surface area contributed by atoms with Gasteiger partial charge >= 0.3 is 0 Å². The third-order valence-corrected chi connectivity index (χ3v) is 3.50. The Hall–Kier alpha value is -3.41. The van der Waals surface area contributed by atoms with Gasteiger partial charge in [-0.25, -0.2) is 9.97 Å². The van der Waals surface area contributed by atoms with Crippen LogP contribution in [0, 0.1) is 0 Å². The van der Waals surface area contributed by atoms with E-state index in [2.05, 4.69) is 20.2 Å². The lowest BCUT2D eigenvalue weighted by Gasteiger charge is -2.06. The average molecular weight is 319 g/mol. The third kappa shape index (κ3) is 2.77. The molecule has 0 amide bonds. The van der Waals surface area contributed by atoms with Crippen LogP contribution in [-0.2, 0) is 0 Å². The highest BCUT2D eigenvalue weighted by Gasteiger charge is 2.12. The highest BCUT2D eigenvalue weighted by Crippen LogP contribution is 2.30. The van der Waals surface area contributed by atoms with Gasteiger partial charge in [0.25, 0.3) is 0 Å². The molecular formula is C18H17N5O. The second-order valence-corrected chi connectivity index (χ2v) is 5.00. The fourth-order valence-corrected chi connectivity index (χ4v) is 2.40. The Balaban J connectivity index is 0.00000169. The molecule has 0 unspecified atom stereocenters. The zero-order valence-electron chi connectivity index (χ0n) is 12.1. The molecule has 0 aliphatic rings. The second kappa shape index (κ2) is 6.37. The molecule has 0 saturated heterocycles. The smallest absolute Gasteiger partial charge is 0.186 e. The maximum Gasteiger partial charge on any atom is 0.186 e. The Morgan fingerprint density at radius 1 is 0.875 bits per heavy atom. The van der Waals surface area contributed by atoms with Gasteiger partial charge < -0.3 is 10.5 Å². The number of nitrogens with one attached hydrogen (secondary N) is 1. The summed E-state index contributed by atoms with van der Waals surface area (Å²) in [6, 6.07) is 17.3. The van der Waals surface area contributed by atoms with Crippen LogP contribution in [0.4, 0.5) is 5.82 Å². The number of anilines is 1. The molecule has 0 aliphatic heterocycles. The molecule has 0 spiro atoms. The van der Waals surface area contributed by atoms with Gasteiger partial charge in [-0.15, -0.1) is 0 Å². The summed E-state index contributed by atoms with van der Waals surface area (Å²) < 4.78 is 5.79. The molecule has 0 atom stereocenters. The third-order valence-electron chi connectivity index (χ3n) is 3.50. The number of hydrogen-bond donors (Lipinski definition) is 2. The average Bonchev–Trinajstić information content (AvgIpc) is 3.02. The lowest BCUT2D eigenvalue weighted by molar-refractivity contribution is 0.483. The lowest BCUT2D eigenvalue weighted by atomic mass is 10.1. The maximum atomic E-state index is 5.94. The van der Waals surface area contributed by atoms with Crippen molar-refractivity contribution < 1.29 is 4.74 Å². The van der Waals surface area contributed by atoms with Crippen LogP contribution in [0.5, 0.6) is 11.5 Å². The zero-order valence-corrected chi connectivity index (χ0v) is 12.1. The standard InChI is InChI=1S/C17H13N5O.CH4/c18-16-14-15(21-22-17(14)20-10-19-16)11-6-8-13(9-7-11)23-12-4-2-1-3-5-12;/h1-10H,(H3,18,19,20,21,22);1H4. The number of hydrogen-bond acceptors (Lipinski definition) is 5. The minimum atomic E-state index is 0. The summed E-state index contributed by atoms with van der Waals surface area (Å²) in [5, 5.41) is 7.85. The van der Waals surface area contributed by atoms with Crippen molar-refractivity contribution in [2.45, 2.75) is 7.43 Å². The number of ether oxygens (including phenoxy) is 1. The molecule has 0 radical (unpaired) electrons. The van der Waals surface area contributed by atoms with Crippen LogP contribution in [-0.4, -0.2) is 20.2 Å². The first kappa shape index (κ1) is 15.5. The van der Waals surface area contributed by atoms with E-state index < -0.39 is 0 Å². The Labute approximate surface area is 139 Å². The van der Waals surface area contributed by atoms with Gasteiger partial charge in [-0.3, -0.25) is 5.10 Å². The van der Waals surface area contributed by atoms with Gasteiger partial charge in [-0.1, -0.05) is 25.6 Å². The summed E-state index contributed by atoms with van der Waals surface area (Å²) in [5.74, 6) is 1.96. The van der Waals surface area contributed by atoms with Gasteiger partial charge in [-0.2, -0.15) is 5.10 Å². The van der Waals surface area contributed by atoms with E-state index in [0.717, 1.165) is 28.1 Å². The molecule has 2 aromatic carbocycles. The molecular weight excluding hydrogens is 302 g/mol. The first-order chi connectivity index (χ1) is 11.3. The van der Waals surface area contributed by atoms with Crippen LogP contribution in [0.2, 0.25) is 0 Å². The van der Waals surface area contributed by atoms with Gasteiger partial charge in [0, 0.05) is 5.56 Å². The molecule has 2 heterocycles. The summed E-state index contributed by atoms with van der Waals surface area (Å²) in [4.78, 5) is 8.12. The molecule has 0 fully saturated rings. The van der Waals surface area contributed by atoms with Crippen LogP contribution in [0.3, 0.4) is 0 Å². The minimum Gasteiger partial charge on any atom is -0.457 e. The molecule has 0 bridgehead atoms. The second-order valence-electron chi connectivity index (χ2n) is 5.00. The monoisotopic (exact) mass is 319 g/mol.